The van der Waals surface area contributed by atoms with Crippen LogP contribution >= 0.6 is 11.3 Å². The van der Waals surface area contributed by atoms with Gasteiger partial charge in [-0.3, -0.25) is 19.3 Å². The maximum Gasteiger partial charge on any atom is 0.270 e. The van der Waals surface area contributed by atoms with E-state index in [1.807, 2.05) is 4.40 Å². The van der Waals surface area contributed by atoms with Crippen LogP contribution in [0.2, 0.25) is 0 Å². The molecule has 0 atom stereocenters. The molecule has 1 aliphatic rings. The number of nitro benzene ring substituents is 1. The van der Waals surface area contributed by atoms with Crippen LogP contribution in [-0.4, -0.2) is 25.3 Å². The van der Waals surface area contributed by atoms with Crippen molar-refractivity contribution < 1.29 is 9.72 Å². The van der Waals surface area contributed by atoms with E-state index in [4.69, 9.17) is 0 Å². The first-order chi connectivity index (χ1) is 11.4. The molecule has 1 aliphatic carbocycles. The fourth-order valence-corrected chi connectivity index (χ4v) is 4.20. The summed E-state index contributed by atoms with van der Waals surface area (Å²) in [6, 6.07) is 6.32. The summed E-state index contributed by atoms with van der Waals surface area (Å²) < 4.78 is 1.87. The molecule has 2 heterocycles. The molecular weight excluding hydrogens is 328 g/mol. The Morgan fingerprint density at radius 3 is 2.83 bits per heavy atom. The zero-order valence-corrected chi connectivity index (χ0v) is 14.0. The number of hydrogen-bond acceptors (Lipinski definition) is 6. The van der Waals surface area contributed by atoms with Crippen LogP contribution in [0.3, 0.4) is 0 Å². The first kappa shape index (κ1) is 14.9. The van der Waals surface area contributed by atoms with Crippen LogP contribution in [0.1, 0.15) is 35.6 Å². The van der Waals surface area contributed by atoms with Crippen molar-refractivity contribution in [2.75, 3.05) is 0 Å². The van der Waals surface area contributed by atoms with Gasteiger partial charge in [-0.2, -0.15) is 0 Å². The van der Waals surface area contributed by atoms with Gasteiger partial charge in [0.2, 0.25) is 4.96 Å². The Morgan fingerprint density at radius 2 is 2.08 bits per heavy atom. The number of Topliss-reactive ketones (excluding diaryl/α,β-unsaturated/α-hetero) is 1. The van der Waals surface area contributed by atoms with Crippen LogP contribution in [0.15, 0.2) is 24.3 Å². The van der Waals surface area contributed by atoms with E-state index in [0.717, 1.165) is 17.0 Å². The molecule has 0 spiro atoms. The number of nitro groups is 1. The van der Waals surface area contributed by atoms with E-state index < -0.39 is 4.92 Å². The Hall–Kier alpha value is -2.61. The van der Waals surface area contributed by atoms with E-state index in [1.54, 1.807) is 12.1 Å². The average molecular weight is 342 g/mol. The van der Waals surface area contributed by atoms with Gasteiger partial charge in [-0.1, -0.05) is 37.3 Å². The predicted octanol–water partition coefficient (Wildman–Crippen LogP) is 3.52. The van der Waals surface area contributed by atoms with Crippen LogP contribution < -0.4 is 0 Å². The number of thiazole rings is 1. The maximum absolute atomic E-state index is 12.4. The molecule has 0 radical (unpaired) electrons. The lowest BCUT2D eigenvalue weighted by molar-refractivity contribution is -0.384. The Morgan fingerprint density at radius 1 is 1.29 bits per heavy atom. The molecule has 0 amide bonds. The van der Waals surface area contributed by atoms with Gasteiger partial charge in [0.15, 0.2) is 11.6 Å². The van der Waals surface area contributed by atoms with Gasteiger partial charge in [-0.15, -0.1) is 10.2 Å². The first-order valence-corrected chi connectivity index (χ1v) is 8.32. The summed E-state index contributed by atoms with van der Waals surface area (Å²) in [5.41, 5.74) is 1.41. The van der Waals surface area contributed by atoms with E-state index in [9.17, 15) is 14.9 Å². The minimum atomic E-state index is -0.433. The highest BCUT2D eigenvalue weighted by atomic mass is 32.1. The average Bonchev–Trinajstić information content (AvgIpc) is 3.06. The largest absolute Gasteiger partial charge is 0.293 e. The summed E-state index contributed by atoms with van der Waals surface area (Å²) in [5.74, 6) is 0.665. The summed E-state index contributed by atoms with van der Waals surface area (Å²) in [5, 5.41) is 19.4. The normalized spacial score (nSPS) is 16.3. The quantitative estimate of drug-likeness (QED) is 0.525. The molecule has 2 aromatic heterocycles. The second kappa shape index (κ2) is 4.94. The maximum atomic E-state index is 12.4. The molecule has 0 bridgehead atoms. The van der Waals surface area contributed by atoms with Crippen LogP contribution in [0.25, 0.3) is 16.3 Å². The first-order valence-electron chi connectivity index (χ1n) is 7.50. The summed E-state index contributed by atoms with van der Waals surface area (Å²) in [7, 11) is 0. The van der Waals surface area contributed by atoms with Crippen LogP contribution in [0.5, 0.6) is 0 Å². The summed E-state index contributed by atoms with van der Waals surface area (Å²) in [4.78, 5) is 24.4. The van der Waals surface area contributed by atoms with Gasteiger partial charge < -0.3 is 0 Å². The number of non-ortho nitro benzene ring substituents is 1. The second-order valence-electron chi connectivity index (χ2n) is 6.77. The van der Waals surface area contributed by atoms with Crippen molar-refractivity contribution in [2.24, 2.45) is 5.41 Å². The van der Waals surface area contributed by atoms with Crippen LogP contribution in [0, 0.1) is 15.5 Å². The van der Waals surface area contributed by atoms with Gasteiger partial charge >= 0.3 is 0 Å². The Labute approximate surface area is 141 Å². The monoisotopic (exact) mass is 342 g/mol. The molecule has 0 fully saturated rings. The van der Waals surface area contributed by atoms with Gasteiger partial charge in [0.1, 0.15) is 0 Å². The van der Waals surface area contributed by atoms with Gasteiger partial charge in [-0.05, 0) is 11.8 Å². The summed E-state index contributed by atoms with van der Waals surface area (Å²) in [6.07, 6.45) is 1.26. The highest BCUT2D eigenvalue weighted by molar-refractivity contribution is 7.19. The zero-order chi connectivity index (χ0) is 17.1. The highest BCUT2D eigenvalue weighted by Gasteiger charge is 2.35. The van der Waals surface area contributed by atoms with Crippen molar-refractivity contribution in [1.82, 2.24) is 14.6 Å². The number of rotatable bonds is 2. The molecule has 1 aromatic carbocycles. The molecule has 0 aliphatic heterocycles. The Bertz CT molecular complexity index is 1000. The van der Waals surface area contributed by atoms with Crippen molar-refractivity contribution in [1.29, 1.82) is 0 Å². The molecule has 4 rings (SSSR count). The minimum Gasteiger partial charge on any atom is -0.293 e. The summed E-state index contributed by atoms with van der Waals surface area (Å²) >= 11 is 1.34. The number of carbonyl (C=O) groups excluding carboxylic acids is 1. The van der Waals surface area contributed by atoms with Crippen molar-refractivity contribution in [3.05, 3.63) is 45.0 Å². The van der Waals surface area contributed by atoms with Crippen molar-refractivity contribution in [2.45, 2.75) is 26.7 Å². The highest BCUT2D eigenvalue weighted by Crippen LogP contribution is 2.40. The fraction of sp³-hybridized carbons (Fsp3) is 0.312. The topological polar surface area (TPSA) is 90.4 Å². The molecule has 122 valence electrons. The van der Waals surface area contributed by atoms with Crippen LogP contribution in [-0.2, 0) is 6.42 Å². The number of nitrogens with zero attached hydrogens (tertiary/aromatic N) is 4. The van der Waals surface area contributed by atoms with Gasteiger partial charge in [0.25, 0.3) is 5.69 Å². The lowest BCUT2D eigenvalue weighted by atomic mass is 9.78. The van der Waals surface area contributed by atoms with Gasteiger partial charge in [0.05, 0.1) is 9.80 Å². The van der Waals surface area contributed by atoms with E-state index in [-0.39, 0.29) is 16.9 Å². The molecular formula is C16H14N4O3S. The predicted molar refractivity (Wildman–Crippen MR) is 89.4 cm³/mol. The van der Waals surface area contributed by atoms with Gasteiger partial charge in [-0.25, -0.2) is 0 Å². The molecule has 7 nitrogen and oxygen atoms in total. The zero-order valence-electron chi connectivity index (χ0n) is 13.1. The number of benzene rings is 1. The van der Waals surface area contributed by atoms with E-state index in [0.29, 0.717) is 22.8 Å². The lowest BCUT2D eigenvalue weighted by Crippen LogP contribution is -2.26. The van der Waals surface area contributed by atoms with Crippen molar-refractivity contribution >= 4 is 27.8 Å². The fourth-order valence-electron chi connectivity index (χ4n) is 3.18. The van der Waals surface area contributed by atoms with E-state index in [1.165, 1.54) is 23.5 Å². The third kappa shape index (κ3) is 2.22. The molecule has 0 N–H and O–H groups in total. The third-order valence-corrected chi connectivity index (χ3v) is 5.33. The minimum absolute atomic E-state index is 0.00440. The summed E-state index contributed by atoms with van der Waals surface area (Å²) in [6.45, 7) is 4.13. The number of carbonyl (C=O) groups is 1. The molecule has 24 heavy (non-hydrogen) atoms. The van der Waals surface area contributed by atoms with Crippen molar-refractivity contribution in [3.63, 3.8) is 0 Å². The smallest absolute Gasteiger partial charge is 0.270 e. The van der Waals surface area contributed by atoms with E-state index in [2.05, 4.69) is 24.0 Å². The molecule has 3 aromatic rings. The number of ketones is 1. The number of aromatic nitrogens is 3. The second-order valence-corrected chi connectivity index (χ2v) is 7.75. The molecule has 0 saturated carbocycles. The number of fused-ring (bicyclic) bond motifs is 3. The van der Waals surface area contributed by atoms with E-state index >= 15 is 0 Å². The Balaban J connectivity index is 1.94. The van der Waals surface area contributed by atoms with Crippen LogP contribution in [0.4, 0.5) is 5.69 Å². The molecule has 0 saturated heterocycles. The third-order valence-electron chi connectivity index (χ3n) is 4.21. The van der Waals surface area contributed by atoms with Gasteiger partial charge in [0, 0.05) is 29.8 Å². The lowest BCUT2D eigenvalue weighted by Gasteiger charge is -2.28. The Kier molecular flexibility index (Phi) is 3.08. The molecule has 0 unspecified atom stereocenters. The van der Waals surface area contributed by atoms with Crippen molar-refractivity contribution in [3.8, 4) is 11.4 Å². The standard InChI is InChI=1S/C16H14N4O3S/c1-16(2)7-11-13(12(21)8-16)24-15-18-17-14(19(11)15)9-4-3-5-10(6-9)20(22)23/h3-6H,7-8H2,1-2H3. The molecule has 8 heteroatoms. The number of hydrogen-bond donors (Lipinski definition) is 0. The SMILES string of the molecule is CC1(C)CC(=O)c2sc3nnc(-c4cccc([N+](=O)[O-])c4)n3c2C1.